The molecule has 5 heteroatoms. The third kappa shape index (κ3) is 1.58. The molecule has 0 saturated heterocycles. The average molecular weight is 176 g/mol. The van der Waals surface area contributed by atoms with Crippen molar-refractivity contribution in [1.29, 1.82) is 0 Å². The standard InChI is InChI=1S/C8H8N4O/c13-8-11-9-7(10-12-8)6-4-2-1-3-5-6/h1-5H,(H,9,10)(H2,11,12,13). The number of rotatable bonds is 1. The molecule has 66 valence electrons. The van der Waals surface area contributed by atoms with Crippen LogP contribution in [0.25, 0.3) is 0 Å². The van der Waals surface area contributed by atoms with E-state index in [0.717, 1.165) is 5.56 Å². The minimum atomic E-state index is -0.361. The topological polar surface area (TPSA) is 65.5 Å². The molecular weight excluding hydrogens is 168 g/mol. The summed E-state index contributed by atoms with van der Waals surface area (Å²) >= 11 is 0. The van der Waals surface area contributed by atoms with Crippen molar-refractivity contribution in [1.82, 2.24) is 16.3 Å². The predicted octanol–water partition coefficient (Wildman–Crippen LogP) is 0.166. The second-order valence-electron chi connectivity index (χ2n) is 2.52. The van der Waals surface area contributed by atoms with E-state index in [0.29, 0.717) is 5.84 Å². The third-order valence-corrected chi connectivity index (χ3v) is 1.61. The number of carbonyl (C=O) groups is 1. The van der Waals surface area contributed by atoms with Crippen molar-refractivity contribution < 1.29 is 4.79 Å². The van der Waals surface area contributed by atoms with E-state index < -0.39 is 0 Å². The first kappa shape index (κ1) is 7.60. The summed E-state index contributed by atoms with van der Waals surface area (Å²) in [7, 11) is 0. The van der Waals surface area contributed by atoms with Crippen LogP contribution in [0.4, 0.5) is 4.79 Å². The normalized spacial score (nSPS) is 15.1. The highest BCUT2D eigenvalue weighted by molar-refractivity contribution is 6.01. The van der Waals surface area contributed by atoms with Crippen LogP contribution in [0.1, 0.15) is 5.56 Å². The molecular formula is C8H8N4O. The van der Waals surface area contributed by atoms with Crippen LogP contribution in [0.3, 0.4) is 0 Å². The predicted molar refractivity (Wildman–Crippen MR) is 47.8 cm³/mol. The highest BCUT2D eigenvalue weighted by atomic mass is 16.2. The largest absolute Gasteiger partial charge is 0.353 e. The molecule has 1 aromatic rings. The van der Waals surface area contributed by atoms with E-state index in [1.165, 1.54) is 0 Å². The Morgan fingerprint density at radius 2 is 1.85 bits per heavy atom. The Morgan fingerprint density at radius 3 is 2.46 bits per heavy atom. The van der Waals surface area contributed by atoms with Crippen LogP contribution in [-0.2, 0) is 0 Å². The molecule has 0 saturated carbocycles. The highest BCUT2D eigenvalue weighted by Crippen LogP contribution is 1.99. The summed E-state index contributed by atoms with van der Waals surface area (Å²) in [5, 5.41) is 3.82. The van der Waals surface area contributed by atoms with Crippen molar-refractivity contribution >= 4 is 11.9 Å². The Hall–Kier alpha value is -2.04. The molecule has 1 heterocycles. The first-order chi connectivity index (χ1) is 6.36. The zero-order valence-corrected chi connectivity index (χ0v) is 6.74. The number of hydrogen-bond donors (Lipinski definition) is 3. The maximum Gasteiger partial charge on any atom is 0.353 e. The number of nitrogens with one attached hydrogen (secondary N) is 3. The van der Waals surface area contributed by atoms with E-state index in [2.05, 4.69) is 21.4 Å². The number of hydrazone groups is 1. The summed E-state index contributed by atoms with van der Waals surface area (Å²) in [6, 6.07) is 9.14. The van der Waals surface area contributed by atoms with Gasteiger partial charge in [0.2, 0.25) is 0 Å². The van der Waals surface area contributed by atoms with Crippen molar-refractivity contribution in [3.05, 3.63) is 35.9 Å². The second-order valence-corrected chi connectivity index (χ2v) is 2.52. The highest BCUT2D eigenvalue weighted by Gasteiger charge is 2.09. The Kier molecular flexibility index (Phi) is 1.84. The molecule has 0 radical (unpaired) electrons. The van der Waals surface area contributed by atoms with Gasteiger partial charge in [0, 0.05) is 5.56 Å². The lowest BCUT2D eigenvalue weighted by atomic mass is 10.2. The summed E-state index contributed by atoms with van der Waals surface area (Å²) in [6.45, 7) is 0. The Morgan fingerprint density at radius 1 is 1.08 bits per heavy atom. The van der Waals surface area contributed by atoms with Crippen molar-refractivity contribution in [2.24, 2.45) is 5.10 Å². The van der Waals surface area contributed by atoms with Crippen molar-refractivity contribution in [2.75, 3.05) is 0 Å². The smallest absolute Gasteiger partial charge is 0.278 e. The van der Waals surface area contributed by atoms with E-state index >= 15 is 0 Å². The fourth-order valence-electron chi connectivity index (χ4n) is 1.01. The van der Waals surface area contributed by atoms with Gasteiger partial charge in [0.15, 0.2) is 5.84 Å². The molecule has 0 atom stereocenters. The minimum absolute atomic E-state index is 0.361. The van der Waals surface area contributed by atoms with E-state index in [1.54, 1.807) is 0 Å². The first-order valence-electron chi connectivity index (χ1n) is 3.81. The fraction of sp³-hybridized carbons (Fsp3) is 0. The fourth-order valence-corrected chi connectivity index (χ4v) is 1.01. The van der Waals surface area contributed by atoms with Gasteiger partial charge in [-0.2, -0.15) is 5.10 Å². The van der Waals surface area contributed by atoms with Crippen LogP contribution in [0, 0.1) is 0 Å². The van der Waals surface area contributed by atoms with Crippen LogP contribution in [0.2, 0.25) is 0 Å². The van der Waals surface area contributed by atoms with E-state index in [4.69, 9.17) is 0 Å². The number of amides is 2. The Labute approximate surface area is 74.8 Å². The lowest BCUT2D eigenvalue weighted by molar-refractivity contribution is 0.237. The zero-order valence-electron chi connectivity index (χ0n) is 6.74. The lowest BCUT2D eigenvalue weighted by Crippen LogP contribution is -2.51. The van der Waals surface area contributed by atoms with Crippen molar-refractivity contribution in [3.63, 3.8) is 0 Å². The summed E-state index contributed by atoms with van der Waals surface area (Å²) in [5.74, 6) is 0.597. The molecule has 5 nitrogen and oxygen atoms in total. The molecule has 13 heavy (non-hydrogen) atoms. The average Bonchev–Trinajstić information content (AvgIpc) is 2.20. The number of benzene rings is 1. The van der Waals surface area contributed by atoms with Gasteiger partial charge < -0.3 is 0 Å². The molecule has 0 spiro atoms. The van der Waals surface area contributed by atoms with E-state index in [9.17, 15) is 4.79 Å². The van der Waals surface area contributed by atoms with Gasteiger partial charge in [-0.05, 0) is 0 Å². The minimum Gasteiger partial charge on any atom is -0.278 e. The van der Waals surface area contributed by atoms with Crippen LogP contribution in [0.15, 0.2) is 35.4 Å². The summed E-state index contributed by atoms with van der Waals surface area (Å²) in [5.41, 5.74) is 8.29. The number of hydrogen-bond acceptors (Lipinski definition) is 3. The number of carbonyl (C=O) groups excluding carboxylic acids is 1. The number of urea groups is 1. The first-order valence-corrected chi connectivity index (χ1v) is 3.81. The molecule has 1 aromatic carbocycles. The van der Waals surface area contributed by atoms with Gasteiger partial charge in [0.05, 0.1) is 0 Å². The molecule has 2 rings (SSSR count). The van der Waals surface area contributed by atoms with Crippen molar-refractivity contribution in [3.8, 4) is 0 Å². The van der Waals surface area contributed by atoms with Crippen molar-refractivity contribution in [2.45, 2.75) is 0 Å². The molecule has 1 aliphatic heterocycles. The van der Waals surface area contributed by atoms with Gasteiger partial charge >= 0.3 is 6.03 Å². The van der Waals surface area contributed by atoms with Crippen LogP contribution < -0.4 is 16.3 Å². The van der Waals surface area contributed by atoms with Gasteiger partial charge in [-0.25, -0.2) is 15.6 Å². The summed E-state index contributed by atoms with van der Waals surface area (Å²) in [6.07, 6.45) is 0. The summed E-state index contributed by atoms with van der Waals surface area (Å²) < 4.78 is 0. The Balaban J connectivity index is 2.23. The molecule has 0 aromatic heterocycles. The molecule has 2 amide bonds. The van der Waals surface area contributed by atoms with Crippen LogP contribution >= 0.6 is 0 Å². The Bertz CT molecular complexity index is 346. The van der Waals surface area contributed by atoms with Crippen LogP contribution in [-0.4, -0.2) is 11.9 Å². The molecule has 0 bridgehead atoms. The second kappa shape index (κ2) is 3.14. The van der Waals surface area contributed by atoms with Gasteiger partial charge in [0.25, 0.3) is 0 Å². The molecule has 1 aliphatic rings. The quantitative estimate of drug-likeness (QED) is 0.571. The zero-order chi connectivity index (χ0) is 9.10. The molecule has 3 N–H and O–H groups in total. The summed E-state index contributed by atoms with van der Waals surface area (Å²) in [4.78, 5) is 10.6. The number of hydrazine groups is 1. The third-order valence-electron chi connectivity index (χ3n) is 1.61. The molecule has 0 fully saturated rings. The van der Waals surface area contributed by atoms with Crippen LogP contribution in [0.5, 0.6) is 0 Å². The van der Waals surface area contributed by atoms with E-state index in [-0.39, 0.29) is 6.03 Å². The lowest BCUT2D eigenvalue weighted by Gasteiger charge is -2.15. The maximum atomic E-state index is 10.6. The van der Waals surface area contributed by atoms with Gasteiger partial charge in [-0.1, -0.05) is 30.3 Å². The van der Waals surface area contributed by atoms with E-state index in [1.807, 2.05) is 30.3 Å². The monoisotopic (exact) mass is 176 g/mol. The molecule has 0 aliphatic carbocycles. The van der Waals surface area contributed by atoms with Gasteiger partial charge in [0.1, 0.15) is 0 Å². The van der Waals surface area contributed by atoms with Gasteiger partial charge in [-0.15, -0.1) is 0 Å². The number of amidine groups is 1. The maximum absolute atomic E-state index is 10.6. The van der Waals surface area contributed by atoms with Gasteiger partial charge in [-0.3, -0.25) is 5.43 Å². The molecule has 0 unspecified atom stereocenters. The SMILES string of the molecule is O=C1NN=C(c2ccccc2)NN1. The number of nitrogens with zero attached hydrogens (tertiary/aromatic N) is 1.